The number of nitrogens with zero attached hydrogens (tertiary/aromatic N) is 2. The van der Waals surface area contributed by atoms with Crippen LogP contribution in [0.5, 0.6) is 0 Å². The fraction of sp³-hybridized carbons (Fsp3) is 0.0667. The van der Waals surface area contributed by atoms with E-state index < -0.39 is 5.91 Å². The van der Waals surface area contributed by atoms with E-state index in [2.05, 4.69) is 20.8 Å². The van der Waals surface area contributed by atoms with Crippen molar-refractivity contribution in [1.29, 1.82) is 0 Å². The highest BCUT2D eigenvalue weighted by Crippen LogP contribution is 2.17. The minimum absolute atomic E-state index is 0.154. The van der Waals surface area contributed by atoms with Crippen molar-refractivity contribution >= 4 is 40.4 Å². The molecule has 24 heavy (non-hydrogen) atoms. The van der Waals surface area contributed by atoms with Gasteiger partial charge in [-0.15, -0.1) is 10.2 Å². The van der Waals surface area contributed by atoms with Gasteiger partial charge in [0, 0.05) is 10.7 Å². The zero-order valence-electron chi connectivity index (χ0n) is 12.2. The number of aromatic nitrogens is 2. The van der Waals surface area contributed by atoms with Gasteiger partial charge in [0.1, 0.15) is 5.01 Å². The highest BCUT2D eigenvalue weighted by molar-refractivity contribution is 7.13. The van der Waals surface area contributed by atoms with Crippen LogP contribution in [0.25, 0.3) is 0 Å². The van der Waals surface area contributed by atoms with E-state index in [4.69, 9.17) is 16.0 Å². The van der Waals surface area contributed by atoms with Crippen LogP contribution in [0.3, 0.4) is 0 Å². The fourth-order valence-corrected chi connectivity index (χ4v) is 2.68. The Morgan fingerprint density at radius 2 is 2.04 bits per heavy atom. The molecule has 2 aromatic heterocycles. The number of carbonyl (C=O) groups excluding carboxylic acids is 2. The molecule has 0 radical (unpaired) electrons. The molecule has 9 heteroatoms. The average Bonchev–Trinajstić information content (AvgIpc) is 3.24. The van der Waals surface area contributed by atoms with Crippen LogP contribution in [0.1, 0.15) is 25.4 Å². The lowest BCUT2D eigenvalue weighted by atomic mass is 10.3. The van der Waals surface area contributed by atoms with E-state index in [1.807, 2.05) is 0 Å². The number of nitrogens with one attached hydrogen (secondary N) is 2. The summed E-state index contributed by atoms with van der Waals surface area (Å²) >= 11 is 6.96. The summed E-state index contributed by atoms with van der Waals surface area (Å²) in [4.78, 5) is 23.9. The van der Waals surface area contributed by atoms with E-state index >= 15 is 0 Å². The summed E-state index contributed by atoms with van der Waals surface area (Å²) < 4.78 is 4.98. The molecule has 0 saturated heterocycles. The van der Waals surface area contributed by atoms with Crippen LogP contribution >= 0.6 is 22.9 Å². The van der Waals surface area contributed by atoms with Crippen LogP contribution in [-0.4, -0.2) is 22.0 Å². The Hall–Kier alpha value is -2.71. The van der Waals surface area contributed by atoms with E-state index in [9.17, 15) is 9.59 Å². The largest absolute Gasteiger partial charge is 0.459 e. The maximum Gasteiger partial charge on any atom is 0.287 e. The maximum absolute atomic E-state index is 12.1. The summed E-state index contributed by atoms with van der Waals surface area (Å²) in [6.45, 7) is 0.154. The average molecular weight is 363 g/mol. The fourth-order valence-electron chi connectivity index (χ4n) is 1.82. The first kappa shape index (κ1) is 16.2. The lowest BCUT2D eigenvalue weighted by Gasteiger charge is -2.02. The molecule has 122 valence electrons. The number of furan rings is 1. The molecule has 0 saturated carbocycles. The molecule has 0 unspecified atom stereocenters. The van der Waals surface area contributed by atoms with Gasteiger partial charge >= 0.3 is 0 Å². The Morgan fingerprint density at radius 3 is 2.79 bits per heavy atom. The van der Waals surface area contributed by atoms with Gasteiger partial charge in [0.15, 0.2) is 5.76 Å². The highest BCUT2D eigenvalue weighted by atomic mass is 35.5. The van der Waals surface area contributed by atoms with E-state index in [1.165, 1.54) is 6.26 Å². The summed E-state index contributed by atoms with van der Waals surface area (Å²) in [5.74, 6) is -0.544. The molecular weight excluding hydrogens is 352 g/mol. The third kappa shape index (κ3) is 3.98. The first-order chi connectivity index (χ1) is 11.6. The van der Waals surface area contributed by atoms with Gasteiger partial charge in [-0.25, -0.2) is 0 Å². The van der Waals surface area contributed by atoms with E-state index in [-0.39, 0.29) is 23.2 Å². The Balaban J connectivity index is 1.58. The molecule has 0 bridgehead atoms. The molecule has 1 aromatic carbocycles. The van der Waals surface area contributed by atoms with Crippen molar-refractivity contribution in [1.82, 2.24) is 15.5 Å². The summed E-state index contributed by atoms with van der Waals surface area (Å²) in [6, 6.07) is 9.97. The van der Waals surface area contributed by atoms with Gasteiger partial charge in [-0.05, 0) is 30.3 Å². The first-order valence-corrected chi connectivity index (χ1v) is 8.02. The van der Waals surface area contributed by atoms with Crippen molar-refractivity contribution in [2.75, 3.05) is 5.32 Å². The Morgan fingerprint density at radius 1 is 1.17 bits per heavy atom. The lowest BCUT2D eigenvalue weighted by Crippen LogP contribution is -2.22. The Bertz CT molecular complexity index is 863. The maximum atomic E-state index is 12.1. The van der Waals surface area contributed by atoms with Crippen molar-refractivity contribution in [3.8, 4) is 0 Å². The molecule has 0 atom stereocenters. The number of hydrogen-bond acceptors (Lipinski definition) is 6. The quantitative estimate of drug-likeness (QED) is 0.727. The van der Waals surface area contributed by atoms with Crippen LogP contribution in [0.4, 0.5) is 5.69 Å². The number of halogens is 1. The third-order valence-corrected chi connectivity index (χ3v) is 4.05. The highest BCUT2D eigenvalue weighted by Gasteiger charge is 2.14. The normalized spacial score (nSPS) is 10.4. The van der Waals surface area contributed by atoms with Crippen molar-refractivity contribution in [2.45, 2.75) is 6.54 Å². The number of anilines is 1. The number of rotatable bonds is 5. The number of amides is 2. The van der Waals surface area contributed by atoms with E-state index in [0.29, 0.717) is 15.7 Å². The molecule has 0 aliphatic heterocycles. The monoisotopic (exact) mass is 362 g/mol. The summed E-state index contributed by atoms with van der Waals surface area (Å²) in [7, 11) is 0. The molecule has 2 N–H and O–H groups in total. The topological polar surface area (TPSA) is 97.1 Å². The first-order valence-electron chi connectivity index (χ1n) is 6.83. The Labute approximate surface area is 145 Å². The van der Waals surface area contributed by atoms with Gasteiger partial charge in [0.25, 0.3) is 11.8 Å². The zero-order chi connectivity index (χ0) is 16.9. The number of carbonyl (C=O) groups is 2. The predicted molar refractivity (Wildman–Crippen MR) is 89.2 cm³/mol. The van der Waals surface area contributed by atoms with Crippen LogP contribution < -0.4 is 10.6 Å². The molecule has 0 aliphatic carbocycles. The van der Waals surface area contributed by atoms with Gasteiger partial charge in [0.2, 0.25) is 5.01 Å². The van der Waals surface area contributed by atoms with Crippen molar-refractivity contribution in [3.63, 3.8) is 0 Å². The molecule has 2 heterocycles. The molecular formula is C15H11ClN4O3S. The standard InChI is InChI=1S/C15H11ClN4O3S/c16-9-3-1-4-10(7-9)18-14(22)15-20-19-12(24-15)8-17-13(21)11-5-2-6-23-11/h1-7H,8H2,(H,17,21)(H,18,22). The van der Waals surface area contributed by atoms with Crippen LogP contribution in [-0.2, 0) is 6.54 Å². The van der Waals surface area contributed by atoms with Gasteiger partial charge in [-0.1, -0.05) is 29.0 Å². The van der Waals surface area contributed by atoms with Crippen LogP contribution in [0, 0.1) is 0 Å². The zero-order valence-corrected chi connectivity index (χ0v) is 13.7. The van der Waals surface area contributed by atoms with Crippen molar-refractivity contribution in [2.24, 2.45) is 0 Å². The summed E-state index contributed by atoms with van der Waals surface area (Å²) in [5, 5.41) is 14.2. The SMILES string of the molecule is O=C(NCc1nnc(C(=O)Nc2cccc(Cl)c2)s1)c1ccco1. The molecule has 0 aliphatic rings. The predicted octanol–water partition coefficient (Wildman–Crippen LogP) is 2.97. The number of benzene rings is 1. The molecule has 3 rings (SSSR count). The lowest BCUT2D eigenvalue weighted by molar-refractivity contribution is 0.0922. The molecule has 0 spiro atoms. The van der Waals surface area contributed by atoms with E-state index in [0.717, 1.165) is 11.3 Å². The van der Waals surface area contributed by atoms with Gasteiger partial charge < -0.3 is 15.1 Å². The molecule has 3 aromatic rings. The molecule has 2 amide bonds. The van der Waals surface area contributed by atoms with Gasteiger partial charge in [0.05, 0.1) is 12.8 Å². The summed E-state index contributed by atoms with van der Waals surface area (Å²) in [5.41, 5.74) is 0.565. The van der Waals surface area contributed by atoms with Gasteiger partial charge in [-0.3, -0.25) is 9.59 Å². The third-order valence-electron chi connectivity index (χ3n) is 2.89. The second-order valence-corrected chi connectivity index (χ2v) is 6.12. The second-order valence-electron chi connectivity index (χ2n) is 4.63. The minimum atomic E-state index is -0.390. The van der Waals surface area contributed by atoms with Gasteiger partial charge in [-0.2, -0.15) is 0 Å². The Kier molecular flexibility index (Phi) is 4.88. The molecule has 0 fully saturated rings. The molecule has 7 nitrogen and oxygen atoms in total. The van der Waals surface area contributed by atoms with Crippen LogP contribution in [0.2, 0.25) is 5.02 Å². The minimum Gasteiger partial charge on any atom is -0.459 e. The van der Waals surface area contributed by atoms with Crippen LogP contribution in [0.15, 0.2) is 47.1 Å². The number of hydrogen-bond donors (Lipinski definition) is 2. The van der Waals surface area contributed by atoms with E-state index in [1.54, 1.807) is 36.4 Å². The summed E-state index contributed by atoms with van der Waals surface area (Å²) in [6.07, 6.45) is 1.41. The van der Waals surface area contributed by atoms with Crippen molar-refractivity contribution < 1.29 is 14.0 Å². The van der Waals surface area contributed by atoms with Crippen molar-refractivity contribution in [3.05, 3.63) is 63.5 Å². The smallest absolute Gasteiger partial charge is 0.287 e. The second kappa shape index (κ2) is 7.24.